The van der Waals surface area contributed by atoms with Crippen LogP contribution >= 0.6 is 0 Å². The van der Waals surface area contributed by atoms with Gasteiger partial charge in [-0.25, -0.2) is 9.67 Å². The molecule has 6 nitrogen and oxygen atoms in total. The van der Waals surface area contributed by atoms with Gasteiger partial charge < -0.3 is 11.1 Å². The van der Waals surface area contributed by atoms with Crippen molar-refractivity contribution in [2.45, 2.75) is 51.2 Å². The molecule has 2 heterocycles. The normalized spacial score (nSPS) is 18.3. The number of nitrogens with one attached hydrogen (secondary N) is 1. The van der Waals surface area contributed by atoms with E-state index >= 15 is 0 Å². The van der Waals surface area contributed by atoms with Crippen molar-refractivity contribution in [3.05, 3.63) is 47.5 Å². The van der Waals surface area contributed by atoms with Crippen LogP contribution in [0.4, 0.5) is 0 Å². The van der Waals surface area contributed by atoms with Crippen molar-refractivity contribution in [1.29, 1.82) is 0 Å². The zero-order chi connectivity index (χ0) is 16.2. The lowest BCUT2D eigenvalue weighted by atomic mass is 10.0. The van der Waals surface area contributed by atoms with Gasteiger partial charge in [-0.05, 0) is 24.8 Å². The Kier molecular flexibility index (Phi) is 4.71. The van der Waals surface area contributed by atoms with Gasteiger partial charge in [-0.1, -0.05) is 37.3 Å². The minimum Gasteiger partial charge on any atom is -0.345 e. The molecule has 0 radical (unpaired) electrons. The fourth-order valence-electron chi connectivity index (χ4n) is 2.93. The SMILES string of the molecule is CCc1nc2n(n1)CCCC2NC(=O)C(N)Cc1ccccc1. The molecule has 23 heavy (non-hydrogen) atoms. The highest BCUT2D eigenvalue weighted by Crippen LogP contribution is 2.23. The molecule has 2 aromatic rings. The number of fused-ring (bicyclic) bond motifs is 1. The van der Waals surface area contributed by atoms with Gasteiger partial charge in [-0.15, -0.1) is 0 Å². The Hall–Kier alpha value is -2.21. The first kappa shape index (κ1) is 15.7. The van der Waals surface area contributed by atoms with E-state index < -0.39 is 6.04 Å². The van der Waals surface area contributed by atoms with E-state index in [4.69, 9.17) is 5.73 Å². The Balaban J connectivity index is 1.65. The fourth-order valence-corrected chi connectivity index (χ4v) is 2.93. The molecule has 0 fully saturated rings. The average Bonchev–Trinajstić information content (AvgIpc) is 3.00. The maximum absolute atomic E-state index is 12.4. The Labute approximate surface area is 136 Å². The molecule has 0 bridgehead atoms. The van der Waals surface area contributed by atoms with Crippen molar-refractivity contribution in [3.8, 4) is 0 Å². The molecule has 1 amide bonds. The van der Waals surface area contributed by atoms with Crippen LogP contribution in [0.5, 0.6) is 0 Å². The van der Waals surface area contributed by atoms with Gasteiger partial charge in [-0.3, -0.25) is 4.79 Å². The Bertz CT molecular complexity index is 667. The third-order valence-electron chi connectivity index (χ3n) is 4.19. The smallest absolute Gasteiger partial charge is 0.237 e. The zero-order valence-corrected chi connectivity index (χ0v) is 13.4. The maximum atomic E-state index is 12.4. The maximum Gasteiger partial charge on any atom is 0.237 e. The Morgan fingerprint density at radius 1 is 1.43 bits per heavy atom. The highest BCUT2D eigenvalue weighted by molar-refractivity contribution is 5.82. The minimum absolute atomic E-state index is 0.0918. The summed E-state index contributed by atoms with van der Waals surface area (Å²) in [5, 5.41) is 7.51. The summed E-state index contributed by atoms with van der Waals surface area (Å²) in [7, 11) is 0. The van der Waals surface area contributed by atoms with Crippen LogP contribution in [0.3, 0.4) is 0 Å². The molecule has 6 heteroatoms. The summed E-state index contributed by atoms with van der Waals surface area (Å²) in [4.78, 5) is 17.0. The fraction of sp³-hybridized carbons (Fsp3) is 0.471. The predicted octanol–water partition coefficient (Wildman–Crippen LogP) is 1.36. The second kappa shape index (κ2) is 6.91. The molecule has 3 N–H and O–H groups in total. The summed E-state index contributed by atoms with van der Waals surface area (Å²) < 4.78 is 1.91. The second-order valence-electron chi connectivity index (χ2n) is 5.96. The molecule has 122 valence electrons. The van der Waals surface area contributed by atoms with Crippen molar-refractivity contribution in [2.75, 3.05) is 0 Å². The van der Waals surface area contributed by atoms with Crippen LogP contribution in [0.2, 0.25) is 0 Å². The molecular weight excluding hydrogens is 290 g/mol. The number of amides is 1. The van der Waals surface area contributed by atoms with Crippen molar-refractivity contribution in [3.63, 3.8) is 0 Å². The molecule has 1 aromatic heterocycles. The van der Waals surface area contributed by atoms with Crippen molar-refractivity contribution >= 4 is 5.91 Å². The third-order valence-corrected chi connectivity index (χ3v) is 4.19. The summed E-state index contributed by atoms with van der Waals surface area (Å²) in [6.45, 7) is 2.90. The molecule has 0 saturated heterocycles. The second-order valence-corrected chi connectivity index (χ2v) is 5.96. The van der Waals surface area contributed by atoms with Crippen LogP contribution in [0.1, 0.15) is 43.0 Å². The topological polar surface area (TPSA) is 85.8 Å². The number of hydrogen-bond acceptors (Lipinski definition) is 4. The Morgan fingerprint density at radius 3 is 2.96 bits per heavy atom. The van der Waals surface area contributed by atoms with E-state index in [-0.39, 0.29) is 11.9 Å². The van der Waals surface area contributed by atoms with Crippen molar-refractivity contribution in [1.82, 2.24) is 20.1 Å². The summed E-state index contributed by atoms with van der Waals surface area (Å²) in [5.74, 6) is 1.55. The van der Waals surface area contributed by atoms with Gasteiger partial charge in [0.1, 0.15) is 5.82 Å². The van der Waals surface area contributed by atoms with Gasteiger partial charge in [0.05, 0.1) is 12.1 Å². The molecule has 3 rings (SSSR count). The number of carbonyl (C=O) groups is 1. The van der Waals surface area contributed by atoms with Crippen LogP contribution in [0, 0.1) is 0 Å². The van der Waals surface area contributed by atoms with Crippen LogP contribution in [0.15, 0.2) is 30.3 Å². The van der Waals surface area contributed by atoms with Gasteiger partial charge in [-0.2, -0.15) is 5.10 Å². The van der Waals surface area contributed by atoms with Gasteiger partial charge in [0.25, 0.3) is 0 Å². The quantitative estimate of drug-likeness (QED) is 0.873. The molecule has 0 aliphatic carbocycles. The molecule has 2 unspecified atom stereocenters. The molecule has 2 atom stereocenters. The van der Waals surface area contributed by atoms with Crippen LogP contribution in [0.25, 0.3) is 0 Å². The van der Waals surface area contributed by atoms with E-state index in [1.807, 2.05) is 41.9 Å². The number of carbonyl (C=O) groups excluding carboxylic acids is 1. The first-order valence-corrected chi connectivity index (χ1v) is 8.21. The van der Waals surface area contributed by atoms with Crippen LogP contribution in [-0.4, -0.2) is 26.7 Å². The van der Waals surface area contributed by atoms with Crippen LogP contribution in [-0.2, 0) is 24.2 Å². The molecule has 1 aromatic carbocycles. The number of nitrogens with two attached hydrogens (primary N) is 1. The minimum atomic E-state index is -0.554. The number of hydrogen-bond donors (Lipinski definition) is 2. The number of rotatable bonds is 5. The first-order valence-electron chi connectivity index (χ1n) is 8.21. The highest BCUT2D eigenvalue weighted by Gasteiger charge is 2.27. The first-order chi connectivity index (χ1) is 11.2. The van der Waals surface area contributed by atoms with Gasteiger partial charge in [0.15, 0.2) is 5.82 Å². The number of benzene rings is 1. The van der Waals surface area contributed by atoms with E-state index in [1.54, 1.807) is 0 Å². The zero-order valence-electron chi connectivity index (χ0n) is 13.4. The predicted molar refractivity (Wildman–Crippen MR) is 87.6 cm³/mol. The summed E-state index contributed by atoms with van der Waals surface area (Å²) in [5.41, 5.74) is 7.13. The molecular formula is C17H23N5O. The van der Waals surface area contributed by atoms with Gasteiger partial charge in [0, 0.05) is 13.0 Å². The highest BCUT2D eigenvalue weighted by atomic mass is 16.2. The van der Waals surface area contributed by atoms with Crippen molar-refractivity contribution < 1.29 is 4.79 Å². The van der Waals surface area contributed by atoms with Gasteiger partial charge >= 0.3 is 0 Å². The van der Waals surface area contributed by atoms with Gasteiger partial charge in [0.2, 0.25) is 5.91 Å². The Morgan fingerprint density at radius 2 is 2.22 bits per heavy atom. The molecule has 1 aliphatic heterocycles. The van der Waals surface area contributed by atoms with E-state index in [2.05, 4.69) is 15.4 Å². The number of nitrogens with zero attached hydrogens (tertiary/aromatic N) is 3. The van der Waals surface area contributed by atoms with E-state index in [1.165, 1.54) is 0 Å². The molecule has 0 saturated carbocycles. The summed E-state index contributed by atoms with van der Waals surface area (Å²) in [6, 6.07) is 9.18. The van der Waals surface area contributed by atoms with E-state index in [0.717, 1.165) is 43.0 Å². The molecule has 1 aliphatic rings. The number of aromatic nitrogens is 3. The lowest BCUT2D eigenvalue weighted by molar-refractivity contribution is -0.123. The average molecular weight is 313 g/mol. The molecule has 0 spiro atoms. The van der Waals surface area contributed by atoms with Crippen molar-refractivity contribution in [2.24, 2.45) is 5.73 Å². The monoisotopic (exact) mass is 313 g/mol. The third kappa shape index (κ3) is 3.59. The van der Waals surface area contributed by atoms with E-state index in [9.17, 15) is 4.79 Å². The van der Waals surface area contributed by atoms with E-state index in [0.29, 0.717) is 6.42 Å². The standard InChI is InChI=1S/C17H23N5O/c1-2-15-20-16-14(9-6-10-22(16)21-15)19-17(23)13(18)11-12-7-4-3-5-8-12/h3-5,7-8,13-14H,2,6,9-11,18H2,1H3,(H,19,23). The lowest BCUT2D eigenvalue weighted by Gasteiger charge is -2.24. The summed E-state index contributed by atoms with van der Waals surface area (Å²) >= 11 is 0. The summed E-state index contributed by atoms with van der Waals surface area (Å²) in [6.07, 6.45) is 3.20. The lowest BCUT2D eigenvalue weighted by Crippen LogP contribution is -2.44. The number of aryl methyl sites for hydroxylation is 2. The largest absolute Gasteiger partial charge is 0.345 e. The van der Waals surface area contributed by atoms with Crippen LogP contribution < -0.4 is 11.1 Å².